The highest BCUT2D eigenvalue weighted by Gasteiger charge is 2.13. The fourth-order valence-corrected chi connectivity index (χ4v) is 3.41. The number of rotatable bonds is 8. The molecule has 0 saturated carbocycles. The van der Waals surface area contributed by atoms with Crippen LogP contribution in [-0.2, 0) is 6.42 Å². The average Bonchev–Trinajstić information content (AvgIpc) is 2.93. The second kappa shape index (κ2) is 8.30. The van der Waals surface area contributed by atoms with Crippen molar-refractivity contribution in [1.29, 1.82) is 0 Å². The molecule has 2 nitrogen and oxygen atoms in total. The normalized spacial score (nSPS) is 12.8. The molecule has 2 rings (SSSR count). The van der Waals surface area contributed by atoms with Gasteiger partial charge in [-0.3, -0.25) is 0 Å². The molecule has 0 aliphatic carbocycles. The monoisotopic (exact) mass is 302 g/mol. The van der Waals surface area contributed by atoms with Crippen LogP contribution in [0.2, 0.25) is 0 Å². The van der Waals surface area contributed by atoms with Crippen molar-refractivity contribution in [2.45, 2.75) is 58.5 Å². The standard InChI is InChI=1S/C18H26N2S/c1-4-5-11-16(19-14(2)3)12-18-20-17(13-21-18)15-9-7-6-8-10-15/h6-10,13-14,16,19H,4-5,11-12H2,1-3H3. The van der Waals surface area contributed by atoms with Gasteiger partial charge in [0.1, 0.15) is 0 Å². The van der Waals surface area contributed by atoms with E-state index in [9.17, 15) is 0 Å². The van der Waals surface area contributed by atoms with Gasteiger partial charge in [-0.15, -0.1) is 11.3 Å². The summed E-state index contributed by atoms with van der Waals surface area (Å²) in [6, 6.07) is 11.5. The smallest absolute Gasteiger partial charge is 0.0948 e. The summed E-state index contributed by atoms with van der Waals surface area (Å²) >= 11 is 1.78. The number of hydrogen-bond donors (Lipinski definition) is 1. The number of nitrogens with one attached hydrogen (secondary N) is 1. The highest BCUT2D eigenvalue weighted by atomic mass is 32.1. The van der Waals surface area contributed by atoms with Gasteiger partial charge < -0.3 is 5.32 Å². The zero-order valence-electron chi connectivity index (χ0n) is 13.3. The Morgan fingerprint density at radius 2 is 1.95 bits per heavy atom. The molecule has 1 atom stereocenters. The second-order valence-corrected chi connectivity index (χ2v) is 6.80. The molecule has 0 fully saturated rings. The first-order chi connectivity index (χ1) is 10.2. The molecular weight excluding hydrogens is 276 g/mol. The van der Waals surface area contributed by atoms with E-state index >= 15 is 0 Å². The minimum Gasteiger partial charge on any atom is -0.311 e. The van der Waals surface area contributed by atoms with E-state index in [1.807, 2.05) is 6.07 Å². The number of thiazole rings is 1. The molecule has 0 aliphatic rings. The number of hydrogen-bond acceptors (Lipinski definition) is 3. The van der Waals surface area contributed by atoms with E-state index in [1.54, 1.807) is 11.3 Å². The van der Waals surface area contributed by atoms with E-state index < -0.39 is 0 Å². The molecule has 1 N–H and O–H groups in total. The Bertz CT molecular complexity index is 519. The third-order valence-electron chi connectivity index (χ3n) is 3.52. The maximum Gasteiger partial charge on any atom is 0.0948 e. The molecule has 3 heteroatoms. The number of nitrogens with zero attached hydrogens (tertiary/aromatic N) is 1. The van der Waals surface area contributed by atoms with Gasteiger partial charge in [-0.25, -0.2) is 4.98 Å². The molecule has 1 aromatic heterocycles. The van der Waals surface area contributed by atoms with Crippen molar-refractivity contribution in [3.63, 3.8) is 0 Å². The third kappa shape index (κ3) is 5.25. The van der Waals surface area contributed by atoms with Crippen molar-refractivity contribution >= 4 is 11.3 Å². The Labute approximate surface area is 132 Å². The summed E-state index contributed by atoms with van der Waals surface area (Å²) in [7, 11) is 0. The maximum absolute atomic E-state index is 4.81. The summed E-state index contributed by atoms with van der Waals surface area (Å²) in [4.78, 5) is 4.81. The molecule has 1 unspecified atom stereocenters. The lowest BCUT2D eigenvalue weighted by molar-refractivity contribution is 0.424. The number of unbranched alkanes of at least 4 members (excludes halogenated alkanes) is 1. The second-order valence-electron chi connectivity index (χ2n) is 5.86. The molecule has 0 saturated heterocycles. The minimum absolute atomic E-state index is 0.528. The third-order valence-corrected chi connectivity index (χ3v) is 4.39. The lowest BCUT2D eigenvalue weighted by atomic mass is 10.1. The number of benzene rings is 1. The molecule has 21 heavy (non-hydrogen) atoms. The van der Waals surface area contributed by atoms with Crippen LogP contribution in [-0.4, -0.2) is 17.1 Å². The van der Waals surface area contributed by atoms with Gasteiger partial charge in [0.2, 0.25) is 0 Å². The van der Waals surface area contributed by atoms with Crippen molar-refractivity contribution < 1.29 is 0 Å². The van der Waals surface area contributed by atoms with E-state index in [1.165, 1.54) is 29.8 Å². The summed E-state index contributed by atoms with van der Waals surface area (Å²) in [5.74, 6) is 0. The van der Waals surface area contributed by atoms with Crippen LogP contribution < -0.4 is 5.32 Å². The Morgan fingerprint density at radius 1 is 1.19 bits per heavy atom. The summed E-state index contributed by atoms with van der Waals surface area (Å²) < 4.78 is 0. The van der Waals surface area contributed by atoms with Crippen LogP contribution in [0.25, 0.3) is 11.3 Å². The summed E-state index contributed by atoms with van der Waals surface area (Å²) in [5, 5.41) is 7.10. The molecule has 0 spiro atoms. The predicted octanol–water partition coefficient (Wildman–Crippen LogP) is 4.91. The summed E-state index contributed by atoms with van der Waals surface area (Å²) in [6.07, 6.45) is 4.80. The molecular formula is C18H26N2S. The molecule has 2 aromatic rings. The lowest BCUT2D eigenvalue weighted by Gasteiger charge is -2.20. The molecule has 114 valence electrons. The fraction of sp³-hybridized carbons (Fsp3) is 0.500. The quantitative estimate of drug-likeness (QED) is 0.749. The van der Waals surface area contributed by atoms with Gasteiger partial charge in [0, 0.05) is 29.4 Å². The molecule has 0 amide bonds. The van der Waals surface area contributed by atoms with Crippen LogP contribution in [0.4, 0.5) is 0 Å². The Hall–Kier alpha value is -1.19. The van der Waals surface area contributed by atoms with Gasteiger partial charge in [0.25, 0.3) is 0 Å². The average molecular weight is 302 g/mol. The highest BCUT2D eigenvalue weighted by molar-refractivity contribution is 7.09. The van der Waals surface area contributed by atoms with E-state index in [-0.39, 0.29) is 0 Å². The highest BCUT2D eigenvalue weighted by Crippen LogP contribution is 2.23. The van der Waals surface area contributed by atoms with Crippen LogP contribution in [0.5, 0.6) is 0 Å². The van der Waals surface area contributed by atoms with E-state index in [2.05, 4.69) is 55.7 Å². The van der Waals surface area contributed by atoms with Gasteiger partial charge >= 0.3 is 0 Å². The Balaban J connectivity index is 2.02. The van der Waals surface area contributed by atoms with Crippen molar-refractivity contribution in [2.24, 2.45) is 0 Å². The molecule has 0 aliphatic heterocycles. The van der Waals surface area contributed by atoms with E-state index in [0.29, 0.717) is 12.1 Å². The van der Waals surface area contributed by atoms with E-state index in [4.69, 9.17) is 4.98 Å². The van der Waals surface area contributed by atoms with Crippen LogP contribution in [0.1, 0.15) is 45.0 Å². The van der Waals surface area contributed by atoms with Crippen LogP contribution >= 0.6 is 11.3 Å². The van der Waals surface area contributed by atoms with Crippen molar-refractivity contribution in [3.8, 4) is 11.3 Å². The molecule has 0 bridgehead atoms. The van der Waals surface area contributed by atoms with Crippen LogP contribution in [0.3, 0.4) is 0 Å². The summed E-state index contributed by atoms with van der Waals surface area (Å²) in [5.41, 5.74) is 2.32. The topological polar surface area (TPSA) is 24.9 Å². The first-order valence-corrected chi connectivity index (χ1v) is 8.83. The van der Waals surface area contributed by atoms with Crippen molar-refractivity contribution in [1.82, 2.24) is 10.3 Å². The van der Waals surface area contributed by atoms with Crippen LogP contribution in [0.15, 0.2) is 35.7 Å². The first-order valence-electron chi connectivity index (χ1n) is 7.95. The van der Waals surface area contributed by atoms with E-state index in [0.717, 1.165) is 12.1 Å². The zero-order chi connectivity index (χ0) is 15.1. The molecule has 1 heterocycles. The largest absolute Gasteiger partial charge is 0.311 e. The van der Waals surface area contributed by atoms with Gasteiger partial charge in [-0.2, -0.15) is 0 Å². The van der Waals surface area contributed by atoms with Gasteiger partial charge in [0.05, 0.1) is 10.7 Å². The van der Waals surface area contributed by atoms with Gasteiger partial charge in [0.15, 0.2) is 0 Å². The van der Waals surface area contributed by atoms with Crippen molar-refractivity contribution in [2.75, 3.05) is 0 Å². The Morgan fingerprint density at radius 3 is 2.62 bits per heavy atom. The van der Waals surface area contributed by atoms with Crippen molar-refractivity contribution in [3.05, 3.63) is 40.7 Å². The molecule has 0 radical (unpaired) electrons. The molecule has 1 aromatic carbocycles. The van der Waals surface area contributed by atoms with Gasteiger partial charge in [-0.1, -0.05) is 63.9 Å². The van der Waals surface area contributed by atoms with Gasteiger partial charge in [-0.05, 0) is 6.42 Å². The lowest BCUT2D eigenvalue weighted by Crippen LogP contribution is -2.36. The minimum atomic E-state index is 0.528. The van der Waals surface area contributed by atoms with Crippen LogP contribution in [0, 0.1) is 0 Å². The predicted molar refractivity (Wildman–Crippen MR) is 92.8 cm³/mol. The number of aromatic nitrogens is 1. The zero-order valence-corrected chi connectivity index (χ0v) is 14.1. The Kier molecular flexibility index (Phi) is 6.40. The fourth-order valence-electron chi connectivity index (χ4n) is 2.52. The SMILES string of the molecule is CCCCC(Cc1nc(-c2ccccc2)cs1)NC(C)C. The summed E-state index contributed by atoms with van der Waals surface area (Å²) in [6.45, 7) is 6.69. The first kappa shape index (κ1) is 16.2. The maximum atomic E-state index is 4.81.